The fraction of sp³-hybridized carbons (Fsp3) is 0.840. The van der Waals surface area contributed by atoms with Gasteiger partial charge in [-0.25, -0.2) is 0 Å². The van der Waals surface area contributed by atoms with Gasteiger partial charge >= 0.3 is 11.9 Å². The molecule has 7 atom stereocenters. The Morgan fingerprint density at radius 3 is 2.41 bits per heavy atom. The van der Waals surface area contributed by atoms with Gasteiger partial charge in [-0.15, -0.1) is 0 Å². The second-order valence-corrected chi connectivity index (χ2v) is 10.5. The largest absolute Gasteiger partial charge is 0.463 e. The molecule has 0 radical (unpaired) electrons. The molecule has 2 saturated carbocycles. The van der Waals surface area contributed by atoms with E-state index in [0.717, 1.165) is 25.7 Å². The van der Waals surface area contributed by atoms with Crippen LogP contribution in [0.3, 0.4) is 0 Å². The summed E-state index contributed by atoms with van der Waals surface area (Å²) in [6.45, 7) is 12.7. The summed E-state index contributed by atoms with van der Waals surface area (Å²) in [5, 5.41) is 0. The molecule has 164 valence electrons. The summed E-state index contributed by atoms with van der Waals surface area (Å²) in [5.74, 6) is 1.12. The normalized spacial score (nSPS) is 42.4. The molecule has 2 fully saturated rings. The molecular weight excluding hydrogens is 364 g/mol. The maximum absolute atomic E-state index is 11.8. The predicted molar refractivity (Wildman–Crippen MR) is 114 cm³/mol. The molecule has 0 aliphatic heterocycles. The minimum atomic E-state index is -0.211. The summed E-state index contributed by atoms with van der Waals surface area (Å²) in [6, 6.07) is 0. The second kappa shape index (κ2) is 8.43. The van der Waals surface area contributed by atoms with Gasteiger partial charge in [0.2, 0.25) is 0 Å². The standard InChI is InChI=1S/C25H40O4/c1-16-8-7-9-23-24(16,5)13-12-17(2)25(23,6)15-20-14-21(28-18(3)26)10-11-22(20)29-19(4)27/h8,17,20-23H,7,9-15H2,1-6H3/t17-,20+,21-,22+,23-,24-,25-/m1/s1. The van der Waals surface area contributed by atoms with Gasteiger partial charge in [-0.1, -0.05) is 32.4 Å². The Morgan fingerprint density at radius 2 is 1.76 bits per heavy atom. The zero-order valence-corrected chi connectivity index (χ0v) is 19.3. The van der Waals surface area contributed by atoms with E-state index in [1.165, 1.54) is 39.5 Å². The van der Waals surface area contributed by atoms with Crippen molar-refractivity contribution in [3.8, 4) is 0 Å². The van der Waals surface area contributed by atoms with Gasteiger partial charge < -0.3 is 9.47 Å². The van der Waals surface area contributed by atoms with Crippen LogP contribution in [0.1, 0.15) is 92.9 Å². The lowest BCUT2D eigenvalue weighted by Crippen LogP contribution is -2.52. The van der Waals surface area contributed by atoms with Crippen LogP contribution < -0.4 is 0 Å². The van der Waals surface area contributed by atoms with E-state index in [4.69, 9.17) is 9.47 Å². The number of esters is 2. The van der Waals surface area contributed by atoms with Gasteiger partial charge in [0.25, 0.3) is 0 Å². The Hall–Kier alpha value is -1.32. The van der Waals surface area contributed by atoms with Crippen molar-refractivity contribution in [2.45, 2.75) is 105 Å². The minimum Gasteiger partial charge on any atom is -0.463 e. The highest BCUT2D eigenvalue weighted by atomic mass is 16.6. The molecule has 0 N–H and O–H groups in total. The maximum atomic E-state index is 11.8. The quantitative estimate of drug-likeness (QED) is 0.436. The lowest BCUT2D eigenvalue weighted by Gasteiger charge is -2.59. The molecule has 4 nitrogen and oxygen atoms in total. The van der Waals surface area contributed by atoms with E-state index in [9.17, 15) is 9.59 Å². The number of carbonyl (C=O) groups excluding carboxylic acids is 2. The number of fused-ring (bicyclic) bond motifs is 1. The fourth-order valence-corrected chi connectivity index (χ4v) is 6.94. The highest BCUT2D eigenvalue weighted by Crippen LogP contribution is 2.62. The van der Waals surface area contributed by atoms with E-state index in [0.29, 0.717) is 11.8 Å². The van der Waals surface area contributed by atoms with Crippen LogP contribution in [0.4, 0.5) is 0 Å². The summed E-state index contributed by atoms with van der Waals surface area (Å²) in [5.41, 5.74) is 2.04. The zero-order chi connectivity index (χ0) is 21.4. The van der Waals surface area contributed by atoms with Crippen molar-refractivity contribution >= 4 is 11.9 Å². The second-order valence-electron chi connectivity index (χ2n) is 10.5. The average molecular weight is 405 g/mol. The smallest absolute Gasteiger partial charge is 0.302 e. The molecule has 4 heteroatoms. The van der Waals surface area contributed by atoms with E-state index in [2.05, 4.69) is 33.8 Å². The van der Waals surface area contributed by atoms with Crippen molar-refractivity contribution in [3.63, 3.8) is 0 Å². The number of allylic oxidation sites excluding steroid dienone is 2. The monoisotopic (exact) mass is 404 g/mol. The molecule has 0 amide bonds. The molecule has 29 heavy (non-hydrogen) atoms. The third-order valence-electron chi connectivity index (χ3n) is 8.81. The Balaban J connectivity index is 1.86. The van der Waals surface area contributed by atoms with E-state index < -0.39 is 0 Å². The van der Waals surface area contributed by atoms with Crippen LogP contribution in [0.2, 0.25) is 0 Å². The summed E-state index contributed by atoms with van der Waals surface area (Å²) in [7, 11) is 0. The van der Waals surface area contributed by atoms with Crippen molar-refractivity contribution in [2.75, 3.05) is 0 Å². The van der Waals surface area contributed by atoms with Gasteiger partial charge in [-0.2, -0.15) is 0 Å². The zero-order valence-electron chi connectivity index (χ0n) is 19.3. The van der Waals surface area contributed by atoms with Crippen LogP contribution in [-0.4, -0.2) is 24.1 Å². The topological polar surface area (TPSA) is 52.6 Å². The van der Waals surface area contributed by atoms with E-state index in [-0.39, 0.29) is 40.9 Å². The SMILES string of the molecule is CC(=O)O[C@@H]1CC[C@H](OC(C)=O)[C@H](C[C@]2(C)[C@H](C)CC[C@]3(C)C(C)=CCC[C@@H]23)C1. The minimum absolute atomic E-state index is 0.0498. The summed E-state index contributed by atoms with van der Waals surface area (Å²) >= 11 is 0. The molecule has 0 saturated heterocycles. The molecule has 0 spiro atoms. The Kier molecular flexibility index (Phi) is 6.50. The van der Waals surface area contributed by atoms with Crippen LogP contribution in [0.25, 0.3) is 0 Å². The Morgan fingerprint density at radius 1 is 1.07 bits per heavy atom. The Labute approximate surface area is 176 Å². The van der Waals surface area contributed by atoms with Crippen molar-refractivity contribution < 1.29 is 19.1 Å². The molecule has 0 heterocycles. The highest BCUT2D eigenvalue weighted by molar-refractivity contribution is 5.66. The van der Waals surface area contributed by atoms with Gasteiger partial charge in [0, 0.05) is 13.8 Å². The van der Waals surface area contributed by atoms with Gasteiger partial charge in [-0.3, -0.25) is 9.59 Å². The maximum Gasteiger partial charge on any atom is 0.302 e. The average Bonchev–Trinajstić information content (AvgIpc) is 2.62. The van der Waals surface area contributed by atoms with Gasteiger partial charge in [0.05, 0.1) is 0 Å². The molecule has 3 aliphatic rings. The van der Waals surface area contributed by atoms with Gasteiger partial charge in [-0.05, 0) is 86.9 Å². The first-order chi connectivity index (χ1) is 13.6. The van der Waals surface area contributed by atoms with Gasteiger partial charge in [0.15, 0.2) is 0 Å². The summed E-state index contributed by atoms with van der Waals surface area (Å²) in [6.07, 6.45) is 10.7. The van der Waals surface area contributed by atoms with Crippen molar-refractivity contribution in [1.29, 1.82) is 0 Å². The number of rotatable bonds is 4. The number of carbonyl (C=O) groups is 2. The molecule has 3 aliphatic carbocycles. The van der Waals surface area contributed by atoms with Crippen LogP contribution in [0.5, 0.6) is 0 Å². The van der Waals surface area contributed by atoms with Crippen LogP contribution >= 0.6 is 0 Å². The first kappa shape index (κ1) is 22.4. The van der Waals surface area contributed by atoms with Crippen LogP contribution in [-0.2, 0) is 19.1 Å². The molecule has 0 bridgehead atoms. The molecule has 0 aromatic carbocycles. The Bertz CT molecular complexity index is 668. The molecule has 0 unspecified atom stereocenters. The van der Waals surface area contributed by atoms with Crippen LogP contribution in [0.15, 0.2) is 11.6 Å². The van der Waals surface area contributed by atoms with Crippen molar-refractivity contribution in [3.05, 3.63) is 11.6 Å². The number of ether oxygens (including phenoxy) is 2. The van der Waals surface area contributed by atoms with Crippen molar-refractivity contribution in [1.82, 2.24) is 0 Å². The molecule has 3 rings (SSSR count). The lowest BCUT2D eigenvalue weighted by atomic mass is 9.46. The van der Waals surface area contributed by atoms with Crippen molar-refractivity contribution in [2.24, 2.45) is 28.6 Å². The lowest BCUT2D eigenvalue weighted by molar-refractivity contribution is -0.163. The van der Waals surface area contributed by atoms with E-state index >= 15 is 0 Å². The van der Waals surface area contributed by atoms with E-state index in [1.807, 2.05) is 0 Å². The predicted octanol–water partition coefficient (Wildman–Crippen LogP) is 5.84. The molecule has 0 aromatic heterocycles. The fourth-order valence-electron chi connectivity index (χ4n) is 6.94. The third-order valence-corrected chi connectivity index (χ3v) is 8.81. The third kappa shape index (κ3) is 4.41. The van der Waals surface area contributed by atoms with Gasteiger partial charge in [0.1, 0.15) is 12.2 Å². The number of hydrogen-bond donors (Lipinski definition) is 0. The first-order valence-electron chi connectivity index (χ1n) is 11.6. The van der Waals surface area contributed by atoms with E-state index in [1.54, 1.807) is 5.57 Å². The molecule has 0 aromatic rings. The molecular formula is C25H40O4. The summed E-state index contributed by atoms with van der Waals surface area (Å²) in [4.78, 5) is 23.3. The highest BCUT2D eigenvalue weighted by Gasteiger charge is 2.54. The van der Waals surface area contributed by atoms with Crippen LogP contribution in [0, 0.1) is 28.6 Å². The summed E-state index contributed by atoms with van der Waals surface area (Å²) < 4.78 is 11.3. The number of hydrogen-bond acceptors (Lipinski definition) is 4. The first-order valence-corrected chi connectivity index (χ1v) is 11.6.